The summed E-state index contributed by atoms with van der Waals surface area (Å²) in [7, 11) is 3.12. The summed E-state index contributed by atoms with van der Waals surface area (Å²) in [4.78, 5) is 24.9. The summed E-state index contributed by atoms with van der Waals surface area (Å²) < 4.78 is 17.4. The predicted octanol–water partition coefficient (Wildman–Crippen LogP) is 3.30. The van der Waals surface area contributed by atoms with Gasteiger partial charge in [0.15, 0.2) is 6.10 Å². The zero-order valence-corrected chi connectivity index (χ0v) is 19.0. The summed E-state index contributed by atoms with van der Waals surface area (Å²) in [6.45, 7) is 3.69. The Labute approximate surface area is 190 Å². The molecular formula is C23H24ClN3O5. The van der Waals surface area contributed by atoms with Gasteiger partial charge in [-0.3, -0.25) is 9.59 Å². The fraction of sp³-hybridized carbons (Fsp3) is 0.261. The number of aryl methyl sites for hydroxylation is 1. The summed E-state index contributed by atoms with van der Waals surface area (Å²) in [6.07, 6.45) is -0.849. The van der Waals surface area contributed by atoms with Gasteiger partial charge in [0.25, 0.3) is 11.5 Å². The maximum atomic E-state index is 12.5. The topological polar surface area (TPSA) is 91.7 Å². The molecule has 0 unspecified atom stereocenters. The number of hydrogen-bond donors (Lipinski definition) is 1. The van der Waals surface area contributed by atoms with Gasteiger partial charge in [-0.15, -0.1) is 5.10 Å². The highest BCUT2D eigenvalue weighted by Crippen LogP contribution is 2.24. The molecule has 0 aliphatic carbocycles. The third-order valence-corrected chi connectivity index (χ3v) is 5.02. The van der Waals surface area contributed by atoms with Gasteiger partial charge in [-0.2, -0.15) is 4.68 Å². The lowest BCUT2D eigenvalue weighted by Crippen LogP contribution is -2.36. The average molecular weight is 458 g/mol. The first-order valence-electron chi connectivity index (χ1n) is 9.84. The van der Waals surface area contributed by atoms with E-state index in [1.165, 1.54) is 16.8 Å². The van der Waals surface area contributed by atoms with Crippen molar-refractivity contribution < 1.29 is 19.0 Å². The number of hydrogen-bond acceptors (Lipinski definition) is 6. The number of carbonyl (C=O) groups excluding carboxylic acids is 1. The standard InChI is InChI=1S/C23H24ClN3O5/c1-14-5-7-17(24)11-19(14)27-22(28)10-9-21(26-27)32-15(2)23(29)25-13-16-6-8-18(30-3)12-20(16)31-4/h5-12,15H,13H2,1-4H3,(H,25,29)/t15-/m1/s1. The lowest BCUT2D eigenvalue weighted by molar-refractivity contribution is -0.127. The number of nitrogens with zero attached hydrogens (tertiary/aromatic N) is 2. The first-order valence-corrected chi connectivity index (χ1v) is 10.2. The van der Waals surface area contributed by atoms with Crippen LogP contribution in [0.25, 0.3) is 5.69 Å². The van der Waals surface area contributed by atoms with Gasteiger partial charge in [-0.05, 0) is 43.7 Å². The molecule has 1 heterocycles. The van der Waals surface area contributed by atoms with Gasteiger partial charge in [0.05, 0.1) is 19.9 Å². The number of methoxy groups -OCH3 is 2. The molecule has 1 atom stereocenters. The summed E-state index contributed by atoms with van der Waals surface area (Å²) in [5.41, 5.74) is 1.81. The van der Waals surface area contributed by atoms with Gasteiger partial charge in [-0.25, -0.2) is 0 Å². The summed E-state index contributed by atoms with van der Waals surface area (Å²) in [5, 5.41) is 7.53. The Balaban J connectivity index is 1.71. The van der Waals surface area contributed by atoms with Crippen LogP contribution in [-0.4, -0.2) is 36.0 Å². The second-order valence-electron chi connectivity index (χ2n) is 7.01. The lowest BCUT2D eigenvalue weighted by atomic mass is 10.2. The Morgan fingerprint density at radius 1 is 1.12 bits per heavy atom. The van der Waals surface area contributed by atoms with Gasteiger partial charge in [-0.1, -0.05) is 17.7 Å². The summed E-state index contributed by atoms with van der Waals surface area (Å²) in [5.74, 6) is 1.05. The summed E-state index contributed by atoms with van der Waals surface area (Å²) >= 11 is 6.07. The van der Waals surface area contributed by atoms with Crippen LogP contribution in [0, 0.1) is 6.92 Å². The fourth-order valence-corrected chi connectivity index (χ4v) is 3.17. The van der Waals surface area contributed by atoms with Crippen molar-refractivity contribution in [2.75, 3.05) is 14.2 Å². The second kappa shape index (κ2) is 10.2. The largest absolute Gasteiger partial charge is 0.497 e. The smallest absolute Gasteiger partial charge is 0.271 e. The third kappa shape index (κ3) is 5.39. The minimum absolute atomic E-state index is 0.133. The molecule has 0 bridgehead atoms. The fourth-order valence-electron chi connectivity index (χ4n) is 3.00. The van der Waals surface area contributed by atoms with Gasteiger partial charge >= 0.3 is 0 Å². The quantitative estimate of drug-likeness (QED) is 0.558. The predicted molar refractivity (Wildman–Crippen MR) is 121 cm³/mol. The number of rotatable bonds is 8. The van der Waals surface area contributed by atoms with E-state index in [0.717, 1.165) is 11.1 Å². The molecule has 9 heteroatoms. The van der Waals surface area contributed by atoms with Crippen molar-refractivity contribution >= 4 is 17.5 Å². The Hall–Kier alpha value is -3.52. The molecule has 0 radical (unpaired) electrons. The van der Waals surface area contributed by atoms with Crippen LogP contribution in [-0.2, 0) is 11.3 Å². The van der Waals surface area contributed by atoms with E-state index in [2.05, 4.69) is 10.4 Å². The molecule has 32 heavy (non-hydrogen) atoms. The van der Waals surface area contributed by atoms with Crippen LogP contribution in [0.15, 0.2) is 53.3 Å². The SMILES string of the molecule is COc1ccc(CNC(=O)[C@@H](C)Oc2ccc(=O)n(-c3cc(Cl)ccc3C)n2)c(OC)c1. The molecule has 0 fully saturated rings. The van der Waals surface area contributed by atoms with Gasteiger partial charge in [0.2, 0.25) is 5.88 Å². The van der Waals surface area contributed by atoms with Crippen LogP contribution < -0.4 is 25.1 Å². The molecule has 8 nitrogen and oxygen atoms in total. The van der Waals surface area contributed by atoms with E-state index in [-0.39, 0.29) is 23.9 Å². The molecule has 2 aromatic carbocycles. The highest BCUT2D eigenvalue weighted by molar-refractivity contribution is 6.30. The van der Waals surface area contributed by atoms with Gasteiger partial charge in [0, 0.05) is 35.3 Å². The molecule has 168 valence electrons. The van der Waals surface area contributed by atoms with Crippen molar-refractivity contribution in [3.63, 3.8) is 0 Å². The van der Waals surface area contributed by atoms with E-state index >= 15 is 0 Å². The van der Waals surface area contributed by atoms with Crippen molar-refractivity contribution in [3.05, 3.63) is 75.0 Å². The zero-order chi connectivity index (χ0) is 23.3. The van der Waals surface area contributed by atoms with Crippen LogP contribution in [0.1, 0.15) is 18.1 Å². The maximum absolute atomic E-state index is 12.5. The van der Waals surface area contributed by atoms with Crippen molar-refractivity contribution in [3.8, 4) is 23.1 Å². The number of aromatic nitrogens is 2. The van der Waals surface area contributed by atoms with Crippen LogP contribution in [0.4, 0.5) is 0 Å². The average Bonchev–Trinajstić information content (AvgIpc) is 2.80. The monoisotopic (exact) mass is 457 g/mol. The van der Waals surface area contributed by atoms with Crippen LogP contribution >= 0.6 is 11.6 Å². The molecule has 1 N–H and O–H groups in total. The van der Waals surface area contributed by atoms with Crippen molar-refractivity contribution in [1.29, 1.82) is 0 Å². The van der Waals surface area contributed by atoms with Gasteiger partial charge in [0.1, 0.15) is 11.5 Å². The summed E-state index contributed by atoms with van der Waals surface area (Å²) in [6, 6.07) is 13.3. The molecule has 3 rings (SSSR count). The molecule has 3 aromatic rings. The first kappa shape index (κ1) is 23.1. The van der Waals surface area contributed by atoms with E-state index in [1.54, 1.807) is 51.5 Å². The Morgan fingerprint density at radius 2 is 1.91 bits per heavy atom. The minimum Gasteiger partial charge on any atom is -0.497 e. The maximum Gasteiger partial charge on any atom is 0.271 e. The Morgan fingerprint density at radius 3 is 2.62 bits per heavy atom. The number of carbonyl (C=O) groups is 1. The zero-order valence-electron chi connectivity index (χ0n) is 18.2. The second-order valence-corrected chi connectivity index (χ2v) is 7.44. The minimum atomic E-state index is -0.849. The molecule has 0 aliphatic rings. The Bertz CT molecular complexity index is 1180. The molecule has 0 spiro atoms. The lowest BCUT2D eigenvalue weighted by Gasteiger charge is -2.16. The number of ether oxygens (including phenoxy) is 3. The number of benzene rings is 2. The normalized spacial score (nSPS) is 11.5. The first-order chi connectivity index (χ1) is 15.3. The van der Waals surface area contributed by atoms with E-state index in [1.807, 2.05) is 13.0 Å². The highest BCUT2D eigenvalue weighted by atomic mass is 35.5. The molecular weight excluding hydrogens is 434 g/mol. The van der Waals surface area contributed by atoms with Crippen LogP contribution in [0.5, 0.6) is 17.4 Å². The number of amides is 1. The molecule has 0 saturated carbocycles. The van der Waals surface area contributed by atoms with Crippen molar-refractivity contribution in [1.82, 2.24) is 15.1 Å². The van der Waals surface area contributed by atoms with E-state index in [4.69, 9.17) is 25.8 Å². The van der Waals surface area contributed by atoms with Crippen LogP contribution in [0.2, 0.25) is 5.02 Å². The molecule has 1 aromatic heterocycles. The van der Waals surface area contributed by atoms with Gasteiger partial charge < -0.3 is 19.5 Å². The molecule has 1 amide bonds. The van der Waals surface area contributed by atoms with E-state index in [9.17, 15) is 9.59 Å². The van der Waals surface area contributed by atoms with E-state index < -0.39 is 6.10 Å². The van der Waals surface area contributed by atoms with Crippen molar-refractivity contribution in [2.24, 2.45) is 0 Å². The van der Waals surface area contributed by atoms with Crippen LogP contribution in [0.3, 0.4) is 0 Å². The number of halogens is 1. The Kier molecular flexibility index (Phi) is 7.37. The highest BCUT2D eigenvalue weighted by Gasteiger charge is 2.17. The number of nitrogens with one attached hydrogen (secondary N) is 1. The van der Waals surface area contributed by atoms with Crippen molar-refractivity contribution in [2.45, 2.75) is 26.5 Å². The van der Waals surface area contributed by atoms with E-state index in [0.29, 0.717) is 22.2 Å². The molecule has 0 saturated heterocycles. The third-order valence-electron chi connectivity index (χ3n) is 4.79. The molecule has 0 aliphatic heterocycles.